The van der Waals surface area contributed by atoms with Crippen LogP contribution in [-0.4, -0.2) is 46.5 Å². The average Bonchev–Trinajstić information content (AvgIpc) is 2.88. The molecule has 0 radical (unpaired) electrons. The van der Waals surface area contributed by atoms with Crippen molar-refractivity contribution in [1.29, 1.82) is 0 Å². The number of phenols is 1. The Labute approximate surface area is 206 Å². The minimum absolute atomic E-state index is 0.0000332. The van der Waals surface area contributed by atoms with Crippen molar-refractivity contribution in [3.63, 3.8) is 0 Å². The summed E-state index contributed by atoms with van der Waals surface area (Å²) in [5, 5.41) is 29.8. The first-order valence-corrected chi connectivity index (χ1v) is 11.9. The molecule has 7 nitrogen and oxygen atoms in total. The quantitative estimate of drug-likeness (QED) is 0.372. The first-order valence-electron chi connectivity index (χ1n) is 11.9. The van der Waals surface area contributed by atoms with Gasteiger partial charge in [-0.25, -0.2) is 0 Å². The van der Waals surface area contributed by atoms with E-state index < -0.39 is 12.4 Å². The summed E-state index contributed by atoms with van der Waals surface area (Å²) in [7, 11) is 1.95. The maximum atomic E-state index is 10.7. The Morgan fingerprint density at radius 3 is 2.31 bits per heavy atom. The molecule has 0 aliphatic carbocycles. The van der Waals surface area contributed by atoms with Crippen LogP contribution in [0.1, 0.15) is 52.7 Å². The highest BCUT2D eigenvalue weighted by molar-refractivity contribution is 5.29. The van der Waals surface area contributed by atoms with Gasteiger partial charge in [0, 0.05) is 31.6 Å². The van der Waals surface area contributed by atoms with E-state index in [9.17, 15) is 15.3 Å². The van der Waals surface area contributed by atoms with E-state index in [1.54, 1.807) is 24.3 Å². The number of ether oxygens (including phenoxy) is 2. The van der Waals surface area contributed by atoms with E-state index in [2.05, 4.69) is 0 Å². The van der Waals surface area contributed by atoms with Crippen LogP contribution in [0.3, 0.4) is 0 Å². The number of rotatable bonds is 9. The maximum absolute atomic E-state index is 10.7. The summed E-state index contributed by atoms with van der Waals surface area (Å²) in [4.78, 5) is 2.03. The Bertz CT molecular complexity index is 1020. The molecule has 35 heavy (non-hydrogen) atoms. The van der Waals surface area contributed by atoms with Crippen molar-refractivity contribution in [2.24, 2.45) is 5.73 Å². The number of benzene rings is 3. The Kier molecular flexibility index (Phi) is 8.51. The highest BCUT2D eigenvalue weighted by atomic mass is 16.7. The summed E-state index contributed by atoms with van der Waals surface area (Å²) in [5.41, 5.74) is 10.3. The van der Waals surface area contributed by atoms with Gasteiger partial charge < -0.3 is 35.4 Å². The third kappa shape index (κ3) is 6.67. The number of nitrogens with zero attached hydrogens (tertiary/aromatic N) is 1. The molecule has 0 amide bonds. The summed E-state index contributed by atoms with van der Waals surface area (Å²) < 4.78 is 12.7. The summed E-state index contributed by atoms with van der Waals surface area (Å²) in [5.74, 6) is 0.135. The van der Waals surface area contributed by atoms with Crippen molar-refractivity contribution >= 4 is 0 Å². The Morgan fingerprint density at radius 2 is 1.66 bits per heavy atom. The Balaban J connectivity index is 1.48. The van der Waals surface area contributed by atoms with Crippen LogP contribution in [0.25, 0.3) is 0 Å². The second-order valence-corrected chi connectivity index (χ2v) is 9.13. The number of aromatic hydroxyl groups is 1. The largest absolute Gasteiger partial charge is 0.508 e. The van der Waals surface area contributed by atoms with E-state index in [-0.39, 0.29) is 24.6 Å². The van der Waals surface area contributed by atoms with Crippen LogP contribution in [0, 0.1) is 0 Å². The molecule has 1 aliphatic rings. The molecule has 3 aromatic carbocycles. The van der Waals surface area contributed by atoms with Gasteiger partial charge in [-0.1, -0.05) is 60.7 Å². The second kappa shape index (κ2) is 11.8. The van der Waals surface area contributed by atoms with Crippen molar-refractivity contribution < 1.29 is 24.8 Å². The lowest BCUT2D eigenvalue weighted by molar-refractivity contribution is -0.252. The normalized spacial score (nSPS) is 21.2. The summed E-state index contributed by atoms with van der Waals surface area (Å²) in [6.45, 7) is 1.47. The van der Waals surface area contributed by atoms with Gasteiger partial charge in [-0.15, -0.1) is 0 Å². The topological polar surface area (TPSA) is 108 Å². The van der Waals surface area contributed by atoms with Crippen LogP contribution in [0.15, 0.2) is 72.8 Å². The van der Waals surface area contributed by atoms with E-state index in [0.29, 0.717) is 31.6 Å². The first-order chi connectivity index (χ1) is 16.9. The minimum Gasteiger partial charge on any atom is -0.508 e. The molecule has 0 saturated carbocycles. The highest BCUT2D eigenvalue weighted by Gasteiger charge is 2.33. The molecule has 4 atom stereocenters. The Morgan fingerprint density at radius 1 is 0.971 bits per heavy atom. The number of phenolic OH excluding ortho intramolecular Hbond substituents is 1. The van der Waals surface area contributed by atoms with Gasteiger partial charge in [0.25, 0.3) is 0 Å². The number of aliphatic hydroxyl groups excluding tert-OH is 2. The highest BCUT2D eigenvalue weighted by Crippen LogP contribution is 2.38. The van der Waals surface area contributed by atoms with Crippen LogP contribution < -0.4 is 5.73 Å². The van der Waals surface area contributed by atoms with E-state index in [4.69, 9.17) is 15.2 Å². The monoisotopic (exact) mass is 478 g/mol. The number of hydrogen-bond acceptors (Lipinski definition) is 7. The zero-order valence-electron chi connectivity index (χ0n) is 20.0. The maximum Gasteiger partial charge on any atom is 0.184 e. The number of nitrogens with two attached hydrogens (primary N) is 1. The Hall–Kier alpha value is -2.78. The fraction of sp³-hybridized carbons (Fsp3) is 0.357. The molecule has 1 saturated heterocycles. The molecule has 0 bridgehead atoms. The van der Waals surface area contributed by atoms with E-state index >= 15 is 0 Å². The van der Waals surface area contributed by atoms with Gasteiger partial charge in [-0.3, -0.25) is 0 Å². The molecule has 4 rings (SSSR count). The van der Waals surface area contributed by atoms with Crippen molar-refractivity contribution in [1.82, 2.24) is 4.90 Å². The fourth-order valence-corrected chi connectivity index (χ4v) is 4.40. The molecular formula is C28H34N2O5. The molecular weight excluding hydrogens is 444 g/mol. The van der Waals surface area contributed by atoms with Crippen LogP contribution in [0.5, 0.6) is 5.75 Å². The van der Waals surface area contributed by atoms with Gasteiger partial charge in [-0.05, 0) is 41.4 Å². The van der Waals surface area contributed by atoms with Crippen LogP contribution in [-0.2, 0) is 22.6 Å². The molecule has 5 N–H and O–H groups in total. The zero-order valence-corrected chi connectivity index (χ0v) is 20.0. The number of likely N-dealkylation sites (N-methyl/N-ethyl adjacent to an activating group) is 1. The van der Waals surface area contributed by atoms with Crippen LogP contribution in [0.2, 0.25) is 0 Å². The lowest BCUT2D eigenvalue weighted by Crippen LogP contribution is -2.39. The van der Waals surface area contributed by atoms with Crippen LogP contribution >= 0.6 is 0 Å². The SMILES string of the molecule is CN(C[C@@H]1C[C@H](c2ccc(CO)cc2)O[C@H](c2ccc(CN)cc2)O1)C[C@@H](O)c1cccc(O)c1. The molecule has 0 unspecified atom stereocenters. The van der Waals surface area contributed by atoms with Crippen molar-refractivity contribution in [2.45, 2.75) is 44.2 Å². The number of hydrogen-bond donors (Lipinski definition) is 4. The number of aliphatic hydroxyl groups is 2. The molecule has 186 valence electrons. The van der Waals surface area contributed by atoms with E-state index in [0.717, 1.165) is 22.3 Å². The molecule has 1 fully saturated rings. The lowest BCUT2D eigenvalue weighted by atomic mass is 9.99. The van der Waals surface area contributed by atoms with Crippen molar-refractivity contribution in [3.05, 3.63) is 101 Å². The molecule has 1 aliphatic heterocycles. The lowest BCUT2D eigenvalue weighted by Gasteiger charge is -2.38. The molecule has 3 aromatic rings. The summed E-state index contributed by atoms with van der Waals surface area (Å²) in [6.07, 6.45) is -0.916. The van der Waals surface area contributed by atoms with Gasteiger partial charge >= 0.3 is 0 Å². The molecule has 0 spiro atoms. The van der Waals surface area contributed by atoms with E-state index in [1.807, 2.05) is 60.5 Å². The van der Waals surface area contributed by atoms with E-state index in [1.165, 1.54) is 0 Å². The van der Waals surface area contributed by atoms with Crippen molar-refractivity contribution in [2.75, 3.05) is 20.1 Å². The van der Waals surface area contributed by atoms with Gasteiger partial charge in [0.2, 0.25) is 0 Å². The predicted molar refractivity (Wildman–Crippen MR) is 133 cm³/mol. The van der Waals surface area contributed by atoms with Crippen LogP contribution in [0.4, 0.5) is 0 Å². The minimum atomic E-state index is -0.728. The zero-order chi connectivity index (χ0) is 24.8. The van der Waals surface area contributed by atoms with Gasteiger partial charge in [0.05, 0.1) is 24.9 Å². The summed E-state index contributed by atoms with van der Waals surface area (Å²) in [6, 6.07) is 22.4. The average molecular weight is 479 g/mol. The first kappa shape index (κ1) is 25.3. The standard InChI is InChI=1S/C28H34N2O5/c1-30(17-26(33)23-3-2-4-24(32)13-23)16-25-14-27(21-9-7-20(18-31)8-10-21)35-28(34-25)22-11-5-19(15-29)6-12-22/h2-13,25-28,31-33H,14-18,29H2,1H3/t25-,26+,27+,28+/m0/s1. The molecule has 7 heteroatoms. The molecule has 1 heterocycles. The predicted octanol–water partition coefficient (Wildman–Crippen LogP) is 3.55. The summed E-state index contributed by atoms with van der Waals surface area (Å²) >= 11 is 0. The third-order valence-electron chi connectivity index (χ3n) is 6.36. The van der Waals surface area contributed by atoms with Gasteiger partial charge in [0.15, 0.2) is 6.29 Å². The van der Waals surface area contributed by atoms with Gasteiger partial charge in [-0.2, -0.15) is 0 Å². The van der Waals surface area contributed by atoms with Gasteiger partial charge in [0.1, 0.15) is 5.75 Å². The smallest absolute Gasteiger partial charge is 0.184 e. The fourth-order valence-electron chi connectivity index (χ4n) is 4.40. The third-order valence-corrected chi connectivity index (χ3v) is 6.36. The second-order valence-electron chi connectivity index (χ2n) is 9.13. The molecule has 0 aromatic heterocycles. The van der Waals surface area contributed by atoms with Crippen molar-refractivity contribution in [3.8, 4) is 5.75 Å².